The molecule has 4 aromatic rings. The lowest BCUT2D eigenvalue weighted by molar-refractivity contribution is 0.0523. The highest BCUT2D eigenvalue weighted by Gasteiger charge is 2.31. The van der Waals surface area contributed by atoms with Crippen molar-refractivity contribution in [1.82, 2.24) is 15.6 Å². The molecule has 12 heteroatoms. The van der Waals surface area contributed by atoms with E-state index in [2.05, 4.69) is 20.9 Å². The van der Waals surface area contributed by atoms with E-state index in [1.54, 1.807) is 39.1 Å². The third kappa shape index (κ3) is 6.19. The van der Waals surface area contributed by atoms with Crippen molar-refractivity contribution in [3.63, 3.8) is 0 Å². The van der Waals surface area contributed by atoms with Crippen molar-refractivity contribution >= 4 is 44.8 Å². The van der Waals surface area contributed by atoms with E-state index in [1.165, 1.54) is 41.7 Å². The number of thiazole rings is 1. The van der Waals surface area contributed by atoms with E-state index in [9.17, 15) is 22.8 Å². The average molecular weight is 605 g/mol. The molecule has 3 aromatic carbocycles. The van der Waals surface area contributed by atoms with Gasteiger partial charge in [-0.2, -0.15) is 0 Å². The molecule has 2 heterocycles. The first-order valence-corrected chi connectivity index (χ1v) is 15.3. The number of carbonyl (C=O) groups is 3. The van der Waals surface area contributed by atoms with Gasteiger partial charge >= 0.3 is 6.09 Å². The number of amides is 3. The maximum absolute atomic E-state index is 13.2. The number of nitrogens with zero attached hydrogens (tertiary/aromatic N) is 1. The van der Waals surface area contributed by atoms with Crippen molar-refractivity contribution in [3.05, 3.63) is 94.5 Å². The maximum Gasteiger partial charge on any atom is 0.407 e. The van der Waals surface area contributed by atoms with Crippen molar-refractivity contribution in [3.8, 4) is 10.6 Å². The van der Waals surface area contributed by atoms with Gasteiger partial charge in [0.15, 0.2) is 0 Å². The molecule has 0 saturated heterocycles. The van der Waals surface area contributed by atoms with E-state index in [1.807, 2.05) is 24.3 Å². The molecular formula is C30H28N4O6S2. The second kappa shape index (κ2) is 11.4. The summed E-state index contributed by atoms with van der Waals surface area (Å²) in [6.07, 6.45) is 1.15. The highest BCUT2D eigenvalue weighted by Crippen LogP contribution is 2.34. The van der Waals surface area contributed by atoms with Crippen LogP contribution < -0.4 is 16.0 Å². The smallest absolute Gasteiger partial charge is 0.407 e. The molecule has 1 aromatic heterocycles. The summed E-state index contributed by atoms with van der Waals surface area (Å²) in [7, 11) is -3.96. The molecular weight excluding hydrogens is 576 g/mol. The van der Waals surface area contributed by atoms with Gasteiger partial charge in [-0.1, -0.05) is 36.4 Å². The molecule has 0 unspecified atom stereocenters. The minimum atomic E-state index is -3.96. The van der Waals surface area contributed by atoms with Gasteiger partial charge in [0.2, 0.25) is 9.84 Å². The van der Waals surface area contributed by atoms with Crippen LogP contribution in [0.4, 0.5) is 10.5 Å². The Hall–Kier alpha value is -4.55. The van der Waals surface area contributed by atoms with Crippen LogP contribution in [0.1, 0.15) is 51.9 Å². The molecule has 1 aliphatic rings. The molecule has 0 spiro atoms. The van der Waals surface area contributed by atoms with Crippen LogP contribution in [-0.4, -0.2) is 36.9 Å². The first-order valence-electron chi connectivity index (χ1n) is 13.0. The summed E-state index contributed by atoms with van der Waals surface area (Å²) in [5.74, 6) is -1.01. The summed E-state index contributed by atoms with van der Waals surface area (Å²) in [4.78, 5) is 42.9. The Morgan fingerprint density at radius 2 is 1.64 bits per heavy atom. The van der Waals surface area contributed by atoms with Crippen molar-refractivity contribution in [2.75, 3.05) is 5.32 Å². The van der Waals surface area contributed by atoms with Crippen LogP contribution in [0.3, 0.4) is 0 Å². The molecule has 0 bridgehead atoms. The zero-order chi connectivity index (χ0) is 30.1. The number of aromatic nitrogens is 1. The van der Waals surface area contributed by atoms with Gasteiger partial charge in [-0.05, 0) is 56.7 Å². The fourth-order valence-electron chi connectivity index (χ4n) is 4.35. The summed E-state index contributed by atoms with van der Waals surface area (Å²) in [5.41, 5.74) is 1.38. The minimum absolute atomic E-state index is 0.0422. The normalized spacial score (nSPS) is 13.6. The standard InChI is InChI=1S/C30H28N4O6S2/c1-30(2,3)40-29(37)33-15-19-8-4-5-9-21(19)28-32-17-20(41-28)16-31-26(35)18-12-13-25-23(14-18)34-27(36)22-10-6-7-11-24(22)42(25,38)39/h4-14,17H,15-16H2,1-3H3,(H,31,35)(H,33,37)(H,34,36). The lowest BCUT2D eigenvalue weighted by atomic mass is 10.1. The van der Waals surface area contributed by atoms with Gasteiger partial charge in [0.1, 0.15) is 10.6 Å². The molecule has 42 heavy (non-hydrogen) atoms. The van der Waals surface area contributed by atoms with E-state index in [-0.39, 0.29) is 39.7 Å². The molecule has 10 nitrogen and oxygen atoms in total. The number of ether oxygens (including phenoxy) is 1. The lowest BCUT2D eigenvalue weighted by Gasteiger charge is -2.20. The van der Waals surface area contributed by atoms with Gasteiger partial charge in [-0.25, -0.2) is 18.2 Å². The van der Waals surface area contributed by atoms with E-state index >= 15 is 0 Å². The topological polar surface area (TPSA) is 144 Å². The number of alkyl carbamates (subject to hydrolysis) is 1. The molecule has 0 saturated carbocycles. The van der Waals surface area contributed by atoms with Gasteiger partial charge in [0.05, 0.1) is 27.6 Å². The number of rotatable bonds is 6. The van der Waals surface area contributed by atoms with E-state index in [0.717, 1.165) is 21.0 Å². The Bertz CT molecular complexity index is 1810. The molecule has 0 aliphatic carbocycles. The zero-order valence-corrected chi connectivity index (χ0v) is 24.7. The summed E-state index contributed by atoms with van der Waals surface area (Å²) < 4.78 is 31.7. The molecule has 5 rings (SSSR count). The Morgan fingerprint density at radius 3 is 2.40 bits per heavy atom. The van der Waals surface area contributed by atoms with Gasteiger partial charge < -0.3 is 20.7 Å². The minimum Gasteiger partial charge on any atom is -0.444 e. The number of carbonyl (C=O) groups excluding carboxylic acids is 3. The second-order valence-corrected chi connectivity index (χ2v) is 13.5. The fraction of sp³-hybridized carbons (Fsp3) is 0.200. The van der Waals surface area contributed by atoms with Crippen molar-refractivity contribution in [2.24, 2.45) is 0 Å². The predicted molar refractivity (Wildman–Crippen MR) is 158 cm³/mol. The number of nitrogens with one attached hydrogen (secondary N) is 3. The van der Waals surface area contributed by atoms with Crippen molar-refractivity contribution < 1.29 is 27.5 Å². The van der Waals surface area contributed by atoms with Crippen LogP contribution in [-0.2, 0) is 27.7 Å². The molecule has 216 valence electrons. The number of hydrogen-bond acceptors (Lipinski definition) is 8. The Balaban J connectivity index is 1.27. The number of anilines is 1. The third-order valence-corrected chi connectivity index (χ3v) is 9.15. The van der Waals surface area contributed by atoms with Crippen LogP contribution in [0.5, 0.6) is 0 Å². The first kappa shape index (κ1) is 29.0. The van der Waals surface area contributed by atoms with Crippen LogP contribution >= 0.6 is 11.3 Å². The van der Waals surface area contributed by atoms with Crippen LogP contribution in [0.2, 0.25) is 0 Å². The third-order valence-electron chi connectivity index (χ3n) is 6.25. The number of fused-ring (bicyclic) bond motifs is 2. The largest absolute Gasteiger partial charge is 0.444 e. The zero-order valence-electron chi connectivity index (χ0n) is 23.1. The Morgan fingerprint density at radius 1 is 0.929 bits per heavy atom. The number of hydrogen-bond donors (Lipinski definition) is 3. The Labute approximate surface area is 247 Å². The van der Waals surface area contributed by atoms with Crippen LogP contribution in [0.25, 0.3) is 10.6 Å². The first-order chi connectivity index (χ1) is 19.9. The summed E-state index contributed by atoms with van der Waals surface area (Å²) >= 11 is 1.39. The maximum atomic E-state index is 13.2. The van der Waals surface area contributed by atoms with Crippen molar-refractivity contribution in [1.29, 1.82) is 0 Å². The molecule has 1 aliphatic heterocycles. The monoisotopic (exact) mass is 604 g/mol. The SMILES string of the molecule is CC(C)(C)OC(=O)NCc1ccccc1-c1ncc(CNC(=O)c2ccc3c(c2)NC(=O)c2ccccc2S3(=O)=O)s1. The van der Waals surface area contributed by atoms with Gasteiger partial charge in [-0.3, -0.25) is 9.59 Å². The number of sulfone groups is 1. The van der Waals surface area contributed by atoms with Crippen LogP contribution in [0.15, 0.2) is 82.7 Å². The van der Waals surface area contributed by atoms with Gasteiger partial charge in [0.25, 0.3) is 11.8 Å². The fourth-order valence-corrected chi connectivity index (χ4v) is 6.85. The average Bonchev–Trinajstić information content (AvgIpc) is 3.40. The lowest BCUT2D eigenvalue weighted by Crippen LogP contribution is -2.32. The molecule has 3 amide bonds. The summed E-state index contributed by atoms with van der Waals surface area (Å²) in [6, 6.07) is 17.6. The van der Waals surface area contributed by atoms with E-state index in [0.29, 0.717) is 0 Å². The van der Waals surface area contributed by atoms with Gasteiger partial charge in [0, 0.05) is 28.7 Å². The predicted octanol–water partition coefficient (Wildman–Crippen LogP) is 5.16. The van der Waals surface area contributed by atoms with Crippen molar-refractivity contribution in [2.45, 2.75) is 49.3 Å². The van der Waals surface area contributed by atoms with E-state index in [4.69, 9.17) is 4.74 Å². The molecule has 0 fully saturated rings. The highest BCUT2D eigenvalue weighted by molar-refractivity contribution is 7.91. The summed E-state index contributed by atoms with van der Waals surface area (Å²) in [6.45, 7) is 5.83. The Kier molecular flexibility index (Phi) is 7.85. The van der Waals surface area contributed by atoms with Crippen LogP contribution in [0, 0.1) is 0 Å². The summed E-state index contributed by atoms with van der Waals surface area (Å²) in [5, 5.41) is 8.93. The van der Waals surface area contributed by atoms with E-state index < -0.39 is 33.3 Å². The number of benzene rings is 3. The second-order valence-electron chi connectivity index (χ2n) is 10.5. The molecule has 3 N–H and O–H groups in total. The molecule has 0 atom stereocenters. The quantitative estimate of drug-likeness (QED) is 0.276. The highest BCUT2D eigenvalue weighted by atomic mass is 32.2. The molecule has 0 radical (unpaired) electrons. The van der Waals surface area contributed by atoms with Gasteiger partial charge in [-0.15, -0.1) is 11.3 Å².